The molecule has 0 radical (unpaired) electrons. The Morgan fingerprint density at radius 3 is 1.82 bits per heavy atom. The molecule has 2 aliphatic rings. The normalized spacial score (nSPS) is 26.6. The highest BCUT2D eigenvalue weighted by Crippen LogP contribution is 2.37. The van der Waals surface area contributed by atoms with Gasteiger partial charge in [-0.15, -0.1) is 0 Å². The van der Waals surface area contributed by atoms with Crippen LogP contribution in [0.25, 0.3) is 0 Å². The van der Waals surface area contributed by atoms with Gasteiger partial charge in [0, 0.05) is 13.3 Å². The average molecular weight is 519 g/mol. The second-order valence-electron chi connectivity index (χ2n) is 9.61. The zero-order chi connectivity index (χ0) is 26.2. The van der Waals surface area contributed by atoms with Crippen molar-refractivity contribution in [2.45, 2.75) is 70.0 Å². The number of carbonyl (C=O) groups is 1. The van der Waals surface area contributed by atoms with Gasteiger partial charge >= 0.3 is 5.97 Å². The summed E-state index contributed by atoms with van der Waals surface area (Å²) in [5.41, 5.74) is 3.17. The number of hydrogen-bond donors (Lipinski definition) is 0. The summed E-state index contributed by atoms with van der Waals surface area (Å²) >= 11 is 0. The van der Waals surface area contributed by atoms with Crippen molar-refractivity contribution in [3.63, 3.8) is 0 Å². The standard InChI is InChI=1S/C31H34O7/c1-22(32)36-28-17-26-30(38-28)31(35-20-25-15-9-4-10-16-25)29(34-19-24-13-7-3-8-14-24)27(37-26)21-33-18-23-11-5-2-6-12-23/h2-16,26-31H,17-21H2,1H3/t26-,27-,28?,29+,30+,31+/m1/s1. The molecule has 0 bridgehead atoms. The molecule has 0 aromatic heterocycles. The summed E-state index contributed by atoms with van der Waals surface area (Å²) in [6, 6.07) is 30.0. The Kier molecular flexibility index (Phi) is 9.17. The van der Waals surface area contributed by atoms with Gasteiger partial charge in [-0.2, -0.15) is 0 Å². The summed E-state index contributed by atoms with van der Waals surface area (Å²) in [5.74, 6) is -0.393. The van der Waals surface area contributed by atoms with E-state index in [4.69, 9.17) is 28.4 Å². The van der Waals surface area contributed by atoms with Gasteiger partial charge in [0.05, 0.1) is 32.5 Å². The maximum absolute atomic E-state index is 11.6. The highest BCUT2D eigenvalue weighted by Gasteiger charge is 2.53. The summed E-state index contributed by atoms with van der Waals surface area (Å²) in [5, 5.41) is 0. The van der Waals surface area contributed by atoms with Crippen LogP contribution in [-0.4, -0.2) is 49.4 Å². The molecule has 1 unspecified atom stereocenters. The first-order chi connectivity index (χ1) is 18.7. The molecule has 3 aromatic rings. The first-order valence-electron chi connectivity index (χ1n) is 13.1. The molecule has 200 valence electrons. The molecule has 0 saturated carbocycles. The molecule has 0 amide bonds. The minimum Gasteiger partial charge on any atom is -0.436 e. The Labute approximate surface area is 223 Å². The van der Waals surface area contributed by atoms with E-state index in [0.717, 1.165) is 16.7 Å². The molecule has 3 aromatic carbocycles. The fourth-order valence-corrected chi connectivity index (χ4v) is 4.95. The van der Waals surface area contributed by atoms with Crippen LogP contribution >= 0.6 is 0 Å². The molecule has 7 heteroatoms. The van der Waals surface area contributed by atoms with E-state index in [-0.39, 0.29) is 6.10 Å². The van der Waals surface area contributed by atoms with Gasteiger partial charge < -0.3 is 28.4 Å². The molecule has 5 rings (SSSR count). The summed E-state index contributed by atoms with van der Waals surface area (Å²) in [6.45, 7) is 2.93. The average Bonchev–Trinajstić information content (AvgIpc) is 3.34. The van der Waals surface area contributed by atoms with Crippen LogP contribution in [0.2, 0.25) is 0 Å². The first kappa shape index (κ1) is 26.5. The van der Waals surface area contributed by atoms with Crippen molar-refractivity contribution in [3.05, 3.63) is 108 Å². The van der Waals surface area contributed by atoms with Crippen LogP contribution in [-0.2, 0) is 53.0 Å². The quantitative estimate of drug-likeness (QED) is 0.337. The van der Waals surface area contributed by atoms with Gasteiger partial charge in [0.1, 0.15) is 24.4 Å². The monoisotopic (exact) mass is 518 g/mol. The van der Waals surface area contributed by atoms with Gasteiger partial charge in [-0.1, -0.05) is 91.0 Å². The maximum Gasteiger partial charge on any atom is 0.304 e. The van der Waals surface area contributed by atoms with Crippen LogP contribution in [0.4, 0.5) is 0 Å². The van der Waals surface area contributed by atoms with Crippen LogP contribution in [0.15, 0.2) is 91.0 Å². The Bertz CT molecular complexity index is 1120. The van der Waals surface area contributed by atoms with Crippen molar-refractivity contribution in [1.82, 2.24) is 0 Å². The van der Waals surface area contributed by atoms with Gasteiger partial charge in [0.2, 0.25) is 6.29 Å². The van der Waals surface area contributed by atoms with Crippen molar-refractivity contribution in [2.24, 2.45) is 0 Å². The Hall–Kier alpha value is -3.07. The van der Waals surface area contributed by atoms with Crippen LogP contribution in [0.5, 0.6) is 0 Å². The molecule has 2 fully saturated rings. The number of hydrogen-bond acceptors (Lipinski definition) is 7. The second kappa shape index (κ2) is 13.1. The highest BCUT2D eigenvalue weighted by molar-refractivity contribution is 5.66. The largest absolute Gasteiger partial charge is 0.436 e. The minimum absolute atomic E-state index is 0.318. The molecular weight excluding hydrogens is 484 g/mol. The smallest absolute Gasteiger partial charge is 0.304 e. The zero-order valence-corrected chi connectivity index (χ0v) is 21.5. The predicted octanol–water partition coefficient (Wildman–Crippen LogP) is 4.82. The number of ether oxygens (including phenoxy) is 6. The third-order valence-electron chi connectivity index (χ3n) is 6.73. The fraction of sp³-hybridized carbons (Fsp3) is 0.387. The Morgan fingerprint density at radius 2 is 1.26 bits per heavy atom. The summed E-state index contributed by atoms with van der Waals surface area (Å²) in [7, 11) is 0. The van der Waals surface area contributed by atoms with Crippen LogP contribution in [0.1, 0.15) is 30.0 Å². The van der Waals surface area contributed by atoms with Gasteiger partial charge in [0.25, 0.3) is 0 Å². The number of benzene rings is 3. The van der Waals surface area contributed by atoms with Crippen molar-refractivity contribution in [3.8, 4) is 0 Å². The highest BCUT2D eigenvalue weighted by atomic mass is 16.7. The van der Waals surface area contributed by atoms with Crippen LogP contribution in [0.3, 0.4) is 0 Å². The lowest BCUT2D eigenvalue weighted by Gasteiger charge is -2.43. The fourth-order valence-electron chi connectivity index (χ4n) is 4.95. The molecule has 2 heterocycles. The first-order valence-corrected chi connectivity index (χ1v) is 13.1. The van der Waals surface area contributed by atoms with Crippen LogP contribution in [0, 0.1) is 0 Å². The van der Waals surface area contributed by atoms with E-state index in [1.54, 1.807) is 0 Å². The molecule has 7 nitrogen and oxygen atoms in total. The van der Waals surface area contributed by atoms with Crippen molar-refractivity contribution >= 4 is 5.97 Å². The lowest BCUT2D eigenvalue weighted by atomic mass is 9.94. The summed E-state index contributed by atoms with van der Waals surface area (Å²) in [4.78, 5) is 11.6. The maximum atomic E-state index is 11.6. The zero-order valence-electron chi connectivity index (χ0n) is 21.5. The number of rotatable bonds is 11. The summed E-state index contributed by atoms with van der Waals surface area (Å²) in [6.07, 6.45) is -2.35. The van der Waals surface area contributed by atoms with E-state index in [9.17, 15) is 4.79 Å². The van der Waals surface area contributed by atoms with E-state index in [1.165, 1.54) is 6.92 Å². The third-order valence-corrected chi connectivity index (χ3v) is 6.73. The number of carbonyl (C=O) groups excluding carboxylic acids is 1. The lowest BCUT2D eigenvalue weighted by molar-refractivity contribution is -0.259. The van der Waals surface area contributed by atoms with Gasteiger partial charge in [-0.25, -0.2) is 0 Å². The van der Waals surface area contributed by atoms with E-state index in [2.05, 4.69) is 0 Å². The van der Waals surface area contributed by atoms with Gasteiger partial charge in [-0.3, -0.25) is 4.79 Å². The molecule has 6 atom stereocenters. The van der Waals surface area contributed by atoms with Crippen molar-refractivity contribution in [2.75, 3.05) is 6.61 Å². The van der Waals surface area contributed by atoms with E-state index in [1.807, 2.05) is 91.0 Å². The summed E-state index contributed by atoms with van der Waals surface area (Å²) < 4.78 is 37.2. The Balaban J connectivity index is 1.35. The topological polar surface area (TPSA) is 72.5 Å². The van der Waals surface area contributed by atoms with E-state index in [0.29, 0.717) is 32.8 Å². The SMILES string of the molecule is CC(=O)OC1C[C@H]2O[C@H](COCc3ccccc3)[C@H](OCc3ccccc3)[C@H](OCc3ccccc3)[C@H]2O1. The van der Waals surface area contributed by atoms with Gasteiger partial charge in [-0.05, 0) is 16.7 Å². The van der Waals surface area contributed by atoms with Crippen LogP contribution < -0.4 is 0 Å². The van der Waals surface area contributed by atoms with E-state index >= 15 is 0 Å². The third kappa shape index (κ3) is 7.07. The Morgan fingerprint density at radius 1 is 0.737 bits per heavy atom. The second-order valence-corrected chi connectivity index (χ2v) is 9.61. The molecular formula is C31H34O7. The minimum atomic E-state index is -0.691. The lowest BCUT2D eigenvalue weighted by Crippen LogP contribution is -2.59. The molecule has 0 spiro atoms. The molecule has 0 aliphatic carbocycles. The van der Waals surface area contributed by atoms with E-state index < -0.39 is 36.7 Å². The number of fused-ring (bicyclic) bond motifs is 1. The molecule has 38 heavy (non-hydrogen) atoms. The van der Waals surface area contributed by atoms with Crippen molar-refractivity contribution < 1.29 is 33.2 Å². The van der Waals surface area contributed by atoms with Gasteiger partial charge in [0.15, 0.2) is 0 Å². The predicted molar refractivity (Wildman–Crippen MR) is 140 cm³/mol. The molecule has 2 aliphatic heterocycles. The number of esters is 1. The molecule has 0 N–H and O–H groups in total. The molecule has 2 saturated heterocycles. The van der Waals surface area contributed by atoms with Crippen molar-refractivity contribution in [1.29, 1.82) is 0 Å².